The molecule has 0 aromatic heterocycles. The highest BCUT2D eigenvalue weighted by Gasteiger charge is 2.74. The van der Waals surface area contributed by atoms with Gasteiger partial charge in [0.2, 0.25) is 5.91 Å². The fraction of sp³-hybridized carbons (Fsp3) is 1.00. The van der Waals surface area contributed by atoms with Crippen molar-refractivity contribution in [1.82, 2.24) is 4.90 Å². The van der Waals surface area contributed by atoms with Crippen molar-refractivity contribution in [2.45, 2.75) is 76.8 Å². The molecule has 1 heterocycles. The Bertz CT molecular complexity index is 405. The molecule has 3 fully saturated rings. The minimum atomic E-state index is -2.31. The molecule has 1 spiro atoms. The molecule has 21 heavy (non-hydrogen) atoms. The molecule has 124 valence electrons. The number of alkyl halides is 1. The molecule has 0 radical (unpaired) electrons. The Morgan fingerprint density at radius 3 is 1.90 bits per heavy atom. The van der Waals surface area contributed by atoms with Crippen LogP contribution in [0.2, 0.25) is 0 Å². The first-order valence-corrected chi connectivity index (χ1v) is 7.88. The lowest BCUT2D eigenvalue weighted by molar-refractivity contribution is -0.344. The molecule has 1 saturated heterocycles. The zero-order valence-electron chi connectivity index (χ0n) is 13.3. The van der Waals surface area contributed by atoms with Crippen LogP contribution in [0.3, 0.4) is 0 Å². The third kappa shape index (κ3) is 2.23. The van der Waals surface area contributed by atoms with Crippen LogP contribution in [0.15, 0.2) is 0 Å². The molecule has 4 N–H and O–H groups in total. The van der Waals surface area contributed by atoms with E-state index in [1.165, 1.54) is 11.8 Å². The molecule has 5 nitrogen and oxygen atoms in total. The van der Waals surface area contributed by atoms with Crippen molar-refractivity contribution in [1.29, 1.82) is 0 Å². The van der Waals surface area contributed by atoms with E-state index in [0.717, 1.165) is 12.8 Å². The van der Waals surface area contributed by atoms with Crippen molar-refractivity contribution >= 4 is 0 Å². The zero-order valence-corrected chi connectivity index (χ0v) is 13.3. The average Bonchev–Trinajstić information content (AvgIpc) is 3.25. The van der Waals surface area contributed by atoms with E-state index >= 15 is 0 Å². The number of aliphatic hydroxyl groups is 4. The van der Waals surface area contributed by atoms with Gasteiger partial charge in [-0.05, 0) is 44.9 Å². The van der Waals surface area contributed by atoms with E-state index in [-0.39, 0.29) is 11.8 Å². The molecule has 0 bridgehead atoms. The lowest BCUT2D eigenvalue weighted by Gasteiger charge is -2.51. The van der Waals surface area contributed by atoms with E-state index in [0.29, 0.717) is 13.0 Å². The average molecular weight is 305 g/mol. The standard InChI is InChI=1S/C13H22FNO4.C2H6/c1-10(11(2,16)17)12(3-4-12)5-6-15(10)13(18,19)8-7-9(8)14;1-2/h8-9,16-19H,3-7H2,1-2H3;1-2H3/t8?,9?,10-;/m0./s1. The second-order valence-corrected chi connectivity index (χ2v) is 6.82. The molecular weight excluding hydrogens is 277 g/mol. The predicted octanol–water partition coefficient (Wildman–Crippen LogP) is 0.954. The maximum absolute atomic E-state index is 13.2. The molecule has 1 aliphatic heterocycles. The highest BCUT2D eigenvalue weighted by atomic mass is 19.1. The monoisotopic (exact) mass is 305 g/mol. The van der Waals surface area contributed by atoms with E-state index in [1.807, 2.05) is 13.8 Å². The van der Waals surface area contributed by atoms with Crippen molar-refractivity contribution < 1.29 is 24.8 Å². The number of hydrogen-bond donors (Lipinski definition) is 4. The molecule has 0 aromatic carbocycles. The van der Waals surface area contributed by atoms with Crippen LogP contribution in [0.5, 0.6) is 0 Å². The van der Waals surface area contributed by atoms with Crippen LogP contribution < -0.4 is 0 Å². The summed E-state index contributed by atoms with van der Waals surface area (Å²) >= 11 is 0. The van der Waals surface area contributed by atoms with Crippen molar-refractivity contribution in [2.75, 3.05) is 6.54 Å². The van der Waals surface area contributed by atoms with Crippen molar-refractivity contribution in [3.63, 3.8) is 0 Å². The number of rotatable bonds is 3. The summed E-state index contributed by atoms with van der Waals surface area (Å²) in [7, 11) is 0. The van der Waals surface area contributed by atoms with E-state index < -0.39 is 29.3 Å². The first-order valence-electron chi connectivity index (χ1n) is 7.88. The van der Waals surface area contributed by atoms with Crippen LogP contribution in [-0.4, -0.2) is 55.3 Å². The summed E-state index contributed by atoms with van der Waals surface area (Å²) in [5.74, 6) is -5.24. The topological polar surface area (TPSA) is 84.2 Å². The predicted molar refractivity (Wildman–Crippen MR) is 75.8 cm³/mol. The van der Waals surface area contributed by atoms with Crippen LogP contribution in [-0.2, 0) is 0 Å². The summed E-state index contributed by atoms with van der Waals surface area (Å²) in [6.07, 6.45) is 1.22. The van der Waals surface area contributed by atoms with Crippen LogP contribution >= 0.6 is 0 Å². The van der Waals surface area contributed by atoms with Gasteiger partial charge < -0.3 is 20.4 Å². The molecule has 0 aromatic rings. The van der Waals surface area contributed by atoms with Gasteiger partial charge in [-0.15, -0.1) is 0 Å². The summed E-state index contributed by atoms with van der Waals surface area (Å²) in [5.41, 5.74) is -1.48. The van der Waals surface area contributed by atoms with Crippen LogP contribution in [0.4, 0.5) is 4.39 Å². The Kier molecular flexibility index (Phi) is 3.96. The Morgan fingerprint density at radius 1 is 1.10 bits per heavy atom. The molecule has 3 atom stereocenters. The Hall–Kier alpha value is -0.270. The van der Waals surface area contributed by atoms with Crippen LogP contribution in [0.25, 0.3) is 0 Å². The lowest BCUT2D eigenvalue weighted by Crippen LogP contribution is -2.69. The molecule has 3 rings (SSSR count). The zero-order chi connectivity index (χ0) is 16.3. The molecule has 2 saturated carbocycles. The minimum Gasteiger partial charge on any atom is -0.364 e. The molecule has 2 aliphatic carbocycles. The summed E-state index contributed by atoms with van der Waals surface area (Å²) in [6, 6.07) is 0. The fourth-order valence-electron chi connectivity index (χ4n) is 3.98. The van der Waals surface area contributed by atoms with E-state index in [1.54, 1.807) is 6.92 Å². The van der Waals surface area contributed by atoms with Gasteiger partial charge in [-0.25, -0.2) is 9.29 Å². The first kappa shape index (κ1) is 17.1. The van der Waals surface area contributed by atoms with Gasteiger partial charge >= 0.3 is 0 Å². The van der Waals surface area contributed by atoms with Gasteiger partial charge in [0.15, 0.2) is 5.79 Å². The minimum absolute atomic E-state index is 0.111. The summed E-state index contributed by atoms with van der Waals surface area (Å²) in [5, 5.41) is 40.9. The largest absolute Gasteiger partial charge is 0.364 e. The van der Waals surface area contributed by atoms with E-state index in [2.05, 4.69) is 0 Å². The van der Waals surface area contributed by atoms with E-state index in [4.69, 9.17) is 0 Å². The number of nitrogens with zero attached hydrogens (tertiary/aromatic N) is 1. The quantitative estimate of drug-likeness (QED) is 0.584. The van der Waals surface area contributed by atoms with Crippen molar-refractivity contribution in [3.8, 4) is 0 Å². The normalized spacial score (nSPS) is 38.1. The van der Waals surface area contributed by atoms with E-state index in [9.17, 15) is 24.8 Å². The Morgan fingerprint density at radius 2 is 1.57 bits per heavy atom. The summed E-state index contributed by atoms with van der Waals surface area (Å²) < 4.78 is 13.2. The first-order chi connectivity index (χ1) is 9.56. The number of halogens is 1. The molecule has 2 unspecified atom stereocenters. The van der Waals surface area contributed by atoms with Crippen molar-refractivity contribution in [3.05, 3.63) is 0 Å². The molecule has 6 heteroatoms. The fourth-order valence-corrected chi connectivity index (χ4v) is 3.98. The Labute approximate surface area is 125 Å². The third-order valence-corrected chi connectivity index (χ3v) is 5.77. The second-order valence-electron chi connectivity index (χ2n) is 6.82. The highest BCUT2D eigenvalue weighted by molar-refractivity contribution is 5.21. The number of likely N-dealkylation sites (tertiary alicyclic amines) is 1. The van der Waals surface area contributed by atoms with Gasteiger partial charge in [0.1, 0.15) is 6.17 Å². The van der Waals surface area contributed by atoms with Gasteiger partial charge in [-0.1, -0.05) is 13.8 Å². The lowest BCUT2D eigenvalue weighted by atomic mass is 9.76. The molecule has 0 amide bonds. The van der Waals surface area contributed by atoms with Gasteiger partial charge in [-0.3, -0.25) is 0 Å². The smallest absolute Gasteiger partial charge is 0.231 e. The summed E-state index contributed by atoms with van der Waals surface area (Å²) in [4.78, 5) is 1.30. The third-order valence-electron chi connectivity index (χ3n) is 5.77. The van der Waals surface area contributed by atoms with Crippen LogP contribution in [0, 0.1) is 11.3 Å². The Balaban J connectivity index is 0.000000774. The highest BCUT2D eigenvalue weighted by Crippen LogP contribution is 2.67. The second kappa shape index (κ2) is 4.86. The van der Waals surface area contributed by atoms with Gasteiger partial charge in [0, 0.05) is 6.54 Å². The maximum Gasteiger partial charge on any atom is 0.231 e. The van der Waals surface area contributed by atoms with Gasteiger partial charge in [0.05, 0.1) is 11.5 Å². The molecular formula is C15H28FNO4. The van der Waals surface area contributed by atoms with Crippen molar-refractivity contribution in [2.24, 2.45) is 11.3 Å². The summed E-state index contributed by atoms with van der Waals surface area (Å²) in [6.45, 7) is 7.24. The maximum atomic E-state index is 13.2. The van der Waals surface area contributed by atoms with Gasteiger partial charge in [-0.2, -0.15) is 0 Å². The SMILES string of the molecule is CC.CC(O)(O)[C@]1(C)N(C(O)(O)C2CC2F)CCC12CC2. The van der Waals surface area contributed by atoms with Gasteiger partial charge in [0.25, 0.3) is 0 Å². The molecule has 3 aliphatic rings. The number of hydrogen-bond acceptors (Lipinski definition) is 5. The van der Waals surface area contributed by atoms with Crippen LogP contribution in [0.1, 0.15) is 53.4 Å².